The van der Waals surface area contributed by atoms with Crippen molar-refractivity contribution < 1.29 is 0 Å². The Morgan fingerprint density at radius 1 is 0.328 bits per heavy atom. The molecule has 1 atom stereocenters. The maximum atomic E-state index is 5.43. The molecule has 1 aliphatic rings. The highest BCUT2D eigenvalue weighted by Gasteiger charge is 2.46. The lowest BCUT2D eigenvalue weighted by atomic mass is 9.67. The fourth-order valence-corrected chi connectivity index (χ4v) is 11.4. The molecule has 0 fully saturated rings. The van der Waals surface area contributed by atoms with E-state index in [-0.39, 0.29) is 0 Å². The van der Waals surface area contributed by atoms with Crippen LogP contribution in [-0.2, 0) is 5.41 Å². The Morgan fingerprint density at radius 3 is 1.83 bits per heavy atom. The van der Waals surface area contributed by atoms with E-state index in [2.05, 4.69) is 206 Å². The van der Waals surface area contributed by atoms with Crippen molar-refractivity contribution >= 4 is 53.1 Å². The van der Waals surface area contributed by atoms with Crippen LogP contribution in [0.25, 0.3) is 98.1 Å². The molecule has 0 amide bonds. The number of rotatable bonds is 6. The zero-order valence-corrected chi connectivity index (χ0v) is 35.4. The summed E-state index contributed by atoms with van der Waals surface area (Å²) in [6.45, 7) is 0. The summed E-state index contributed by atoms with van der Waals surface area (Å²) in [5.41, 5.74) is 12.1. The third-order valence-corrected chi connectivity index (χ3v) is 14.3. The van der Waals surface area contributed by atoms with Gasteiger partial charge in [0.25, 0.3) is 0 Å². The second-order valence-corrected chi connectivity index (χ2v) is 17.8. The Labute approximate surface area is 374 Å². The maximum Gasteiger partial charge on any atom is 0.164 e. The molecule has 12 aromatic rings. The summed E-state index contributed by atoms with van der Waals surface area (Å²) in [6, 6.07) is 81.2. The first kappa shape index (κ1) is 36.6. The van der Waals surface area contributed by atoms with Gasteiger partial charge in [-0.1, -0.05) is 194 Å². The van der Waals surface area contributed by atoms with Gasteiger partial charge in [-0.15, -0.1) is 11.3 Å². The molecule has 0 bridgehead atoms. The van der Waals surface area contributed by atoms with Crippen molar-refractivity contribution in [3.63, 3.8) is 0 Å². The number of hydrogen-bond donors (Lipinski definition) is 0. The van der Waals surface area contributed by atoms with Crippen LogP contribution in [0.4, 0.5) is 0 Å². The minimum atomic E-state index is -0.588. The Morgan fingerprint density at radius 2 is 0.953 bits per heavy atom. The molecule has 0 radical (unpaired) electrons. The first-order valence-corrected chi connectivity index (χ1v) is 22.6. The van der Waals surface area contributed by atoms with Gasteiger partial charge in [0, 0.05) is 36.9 Å². The van der Waals surface area contributed by atoms with Crippen LogP contribution in [0.15, 0.2) is 224 Å². The van der Waals surface area contributed by atoms with Crippen LogP contribution >= 0.6 is 11.3 Å². The van der Waals surface area contributed by atoms with Crippen molar-refractivity contribution in [2.45, 2.75) is 5.41 Å². The molecule has 64 heavy (non-hydrogen) atoms. The molecule has 2 aromatic heterocycles. The van der Waals surface area contributed by atoms with E-state index in [0.717, 1.165) is 27.6 Å². The minimum Gasteiger partial charge on any atom is -0.208 e. The van der Waals surface area contributed by atoms with Crippen LogP contribution < -0.4 is 0 Å². The largest absolute Gasteiger partial charge is 0.208 e. The Hall–Kier alpha value is -8.05. The third-order valence-electron chi connectivity index (χ3n) is 13.2. The minimum absolute atomic E-state index is 0.588. The van der Waals surface area contributed by atoms with Gasteiger partial charge >= 0.3 is 0 Å². The molecular weight excluding hydrogens is 795 g/mol. The third kappa shape index (κ3) is 5.63. The smallest absolute Gasteiger partial charge is 0.164 e. The second-order valence-electron chi connectivity index (χ2n) is 16.7. The summed E-state index contributed by atoms with van der Waals surface area (Å²) in [7, 11) is 0. The molecule has 0 aliphatic heterocycles. The number of benzene rings is 10. The summed E-state index contributed by atoms with van der Waals surface area (Å²) in [5.74, 6) is 1.92. The van der Waals surface area contributed by atoms with Gasteiger partial charge in [0.15, 0.2) is 17.5 Å². The van der Waals surface area contributed by atoms with E-state index in [1.807, 2.05) is 29.5 Å². The van der Waals surface area contributed by atoms with Gasteiger partial charge in [-0.3, -0.25) is 0 Å². The van der Waals surface area contributed by atoms with E-state index in [0.29, 0.717) is 17.5 Å². The average molecular weight is 832 g/mol. The van der Waals surface area contributed by atoms with Crippen LogP contribution in [0.2, 0.25) is 0 Å². The topological polar surface area (TPSA) is 38.7 Å². The van der Waals surface area contributed by atoms with Gasteiger partial charge in [0.2, 0.25) is 0 Å². The van der Waals surface area contributed by atoms with Crippen LogP contribution in [0.5, 0.6) is 0 Å². The molecule has 1 aliphatic carbocycles. The molecular formula is C60H37N3S. The molecule has 13 rings (SSSR count). The van der Waals surface area contributed by atoms with E-state index >= 15 is 0 Å². The highest BCUT2D eigenvalue weighted by Crippen LogP contribution is 2.58. The first-order chi connectivity index (χ1) is 31.7. The van der Waals surface area contributed by atoms with E-state index in [9.17, 15) is 0 Å². The molecule has 3 nitrogen and oxygen atoms in total. The van der Waals surface area contributed by atoms with Crippen molar-refractivity contribution in [3.05, 3.63) is 247 Å². The zero-order chi connectivity index (χ0) is 42.2. The van der Waals surface area contributed by atoms with Crippen molar-refractivity contribution in [3.8, 4) is 56.4 Å². The molecule has 10 aromatic carbocycles. The zero-order valence-electron chi connectivity index (χ0n) is 34.6. The van der Waals surface area contributed by atoms with Crippen LogP contribution in [0.3, 0.4) is 0 Å². The second kappa shape index (κ2) is 14.5. The molecule has 298 valence electrons. The summed E-state index contributed by atoms with van der Waals surface area (Å²) >= 11 is 1.81. The summed E-state index contributed by atoms with van der Waals surface area (Å²) in [6.07, 6.45) is 0. The van der Waals surface area contributed by atoms with Gasteiger partial charge in [-0.05, 0) is 96.4 Å². The van der Waals surface area contributed by atoms with E-state index in [1.54, 1.807) is 0 Å². The summed E-state index contributed by atoms with van der Waals surface area (Å²) in [4.78, 5) is 16.0. The van der Waals surface area contributed by atoms with Crippen molar-refractivity contribution in [2.24, 2.45) is 0 Å². The van der Waals surface area contributed by atoms with Crippen LogP contribution in [0.1, 0.15) is 22.3 Å². The number of aromatic nitrogens is 3. The highest BCUT2D eigenvalue weighted by molar-refractivity contribution is 7.26. The van der Waals surface area contributed by atoms with Gasteiger partial charge in [-0.25, -0.2) is 15.0 Å². The quantitative estimate of drug-likeness (QED) is 0.168. The summed E-state index contributed by atoms with van der Waals surface area (Å²) in [5, 5.41) is 7.32. The fraction of sp³-hybridized carbons (Fsp3) is 0.0167. The molecule has 0 saturated carbocycles. The van der Waals surface area contributed by atoms with E-state index in [1.165, 1.54) is 75.3 Å². The molecule has 4 heteroatoms. The monoisotopic (exact) mass is 831 g/mol. The lowest BCUT2D eigenvalue weighted by molar-refractivity contribution is 0.769. The molecule has 0 N–H and O–H groups in total. The predicted molar refractivity (Wildman–Crippen MR) is 267 cm³/mol. The normalized spacial score (nSPS) is 14.3. The Kier molecular flexibility index (Phi) is 8.30. The van der Waals surface area contributed by atoms with E-state index in [4.69, 9.17) is 15.0 Å². The molecule has 2 heterocycles. The maximum absolute atomic E-state index is 5.43. The average Bonchev–Trinajstić information content (AvgIpc) is 3.90. The lowest BCUT2D eigenvalue weighted by Crippen LogP contribution is -2.28. The van der Waals surface area contributed by atoms with Gasteiger partial charge in [0.1, 0.15) is 0 Å². The lowest BCUT2D eigenvalue weighted by Gasteiger charge is -2.34. The number of hydrogen-bond acceptors (Lipinski definition) is 4. The van der Waals surface area contributed by atoms with Gasteiger partial charge in [-0.2, -0.15) is 0 Å². The summed E-state index contributed by atoms with van der Waals surface area (Å²) < 4.78 is 2.43. The SMILES string of the molecule is c1ccc(-c2nc(-c3cccc(C4(c5ccccc5)c5ccccc5-c5c4ccc4ccccc54)c3)nc(-c3cccc4sc5ccc(-c6ccc7ccccc7c6)cc5c34)n2)cc1. The van der Waals surface area contributed by atoms with Gasteiger partial charge in [0.05, 0.1) is 5.41 Å². The fourth-order valence-electron chi connectivity index (χ4n) is 10.3. The van der Waals surface area contributed by atoms with Crippen LogP contribution in [0, 0.1) is 0 Å². The number of nitrogens with zero attached hydrogens (tertiary/aromatic N) is 3. The van der Waals surface area contributed by atoms with Gasteiger partial charge < -0.3 is 0 Å². The number of thiophene rings is 1. The molecule has 0 saturated heterocycles. The first-order valence-electron chi connectivity index (χ1n) is 21.8. The Balaban J connectivity index is 1.03. The van der Waals surface area contributed by atoms with Crippen LogP contribution in [-0.4, -0.2) is 15.0 Å². The highest BCUT2D eigenvalue weighted by atomic mass is 32.1. The standard InChI is InChI=1S/C60H37N3S/c1-3-17-40(18-4-1)57-61-58(63-59(62-57)49-26-14-28-54-56(49)50-37-43(32-34-53(50)64-54)42-30-29-38-15-7-8-19-41(38)35-42)44-20-13-23-46(36-44)60(45-21-5-2-6-22-45)51-27-12-11-25-48(51)55-47-24-10-9-16-39(47)31-33-52(55)60/h1-37H. The Bertz CT molecular complexity index is 3800. The van der Waals surface area contributed by atoms with E-state index < -0.39 is 5.41 Å². The van der Waals surface area contributed by atoms with Crippen molar-refractivity contribution in [2.75, 3.05) is 0 Å². The molecule has 1 unspecified atom stereocenters. The van der Waals surface area contributed by atoms with Crippen molar-refractivity contribution in [1.29, 1.82) is 0 Å². The van der Waals surface area contributed by atoms with Crippen molar-refractivity contribution in [1.82, 2.24) is 15.0 Å². The predicted octanol–water partition coefficient (Wildman–Crippen LogP) is 15.6. The molecule has 0 spiro atoms. The number of fused-ring (bicyclic) bond motifs is 9.